The zero-order chi connectivity index (χ0) is 12.4. The van der Waals surface area contributed by atoms with Crippen LogP contribution in [0.2, 0.25) is 0 Å². The number of benzene rings is 1. The Balaban J connectivity index is 2.41. The van der Waals surface area contributed by atoms with Crippen molar-refractivity contribution in [2.45, 2.75) is 6.42 Å². The number of hydrogen-bond donors (Lipinski definition) is 1. The molecule has 2 rings (SSSR count). The van der Waals surface area contributed by atoms with E-state index >= 15 is 0 Å². The van der Waals surface area contributed by atoms with E-state index in [1.165, 1.54) is 12.1 Å². The lowest BCUT2D eigenvalue weighted by Gasteiger charge is -2.02. The summed E-state index contributed by atoms with van der Waals surface area (Å²) in [6.45, 7) is 0. The summed E-state index contributed by atoms with van der Waals surface area (Å²) in [6.07, 6.45) is 3.17. The molecule has 0 amide bonds. The van der Waals surface area contributed by atoms with Crippen LogP contribution in [-0.2, 0) is 18.3 Å². The fourth-order valence-corrected chi connectivity index (χ4v) is 1.66. The van der Waals surface area contributed by atoms with Crippen LogP contribution in [0.4, 0.5) is 4.39 Å². The largest absolute Gasteiger partial charge is 0.481 e. The van der Waals surface area contributed by atoms with Gasteiger partial charge in [0.25, 0.3) is 0 Å². The van der Waals surface area contributed by atoms with Gasteiger partial charge in [0.05, 0.1) is 12.6 Å². The van der Waals surface area contributed by atoms with E-state index in [2.05, 4.69) is 5.10 Å². The van der Waals surface area contributed by atoms with Gasteiger partial charge in [-0.25, -0.2) is 4.39 Å². The molecule has 0 fully saturated rings. The van der Waals surface area contributed by atoms with E-state index < -0.39 is 11.8 Å². The quantitative estimate of drug-likeness (QED) is 0.881. The van der Waals surface area contributed by atoms with Gasteiger partial charge in [0.2, 0.25) is 0 Å². The lowest BCUT2D eigenvalue weighted by Crippen LogP contribution is -2.00. The molecular weight excluding hydrogens is 223 g/mol. The number of carboxylic acid groups (broad SMARTS) is 1. The molecule has 88 valence electrons. The summed E-state index contributed by atoms with van der Waals surface area (Å²) in [4.78, 5) is 10.6. The minimum atomic E-state index is -0.979. The van der Waals surface area contributed by atoms with E-state index in [9.17, 15) is 9.18 Å². The molecular formula is C12H11FN2O2. The molecule has 0 aliphatic carbocycles. The number of aliphatic carboxylic acids is 1. The predicted octanol–water partition coefficient (Wildman–Crippen LogP) is 1.85. The van der Waals surface area contributed by atoms with Crippen LogP contribution in [0.3, 0.4) is 0 Å². The first-order chi connectivity index (χ1) is 8.04. The SMILES string of the molecule is Cn1cc(-c2cc(F)cc(CC(=O)O)c2)cn1. The summed E-state index contributed by atoms with van der Waals surface area (Å²) < 4.78 is 15.0. The Morgan fingerprint density at radius 2 is 2.18 bits per heavy atom. The van der Waals surface area contributed by atoms with Crippen LogP contribution < -0.4 is 0 Å². The highest BCUT2D eigenvalue weighted by Crippen LogP contribution is 2.21. The molecule has 0 aliphatic rings. The van der Waals surface area contributed by atoms with Gasteiger partial charge in [0.1, 0.15) is 5.82 Å². The van der Waals surface area contributed by atoms with Crippen molar-refractivity contribution in [1.82, 2.24) is 9.78 Å². The van der Waals surface area contributed by atoms with E-state index in [-0.39, 0.29) is 6.42 Å². The van der Waals surface area contributed by atoms with Gasteiger partial charge in [0, 0.05) is 18.8 Å². The van der Waals surface area contributed by atoms with Crippen molar-refractivity contribution in [2.24, 2.45) is 7.05 Å². The molecule has 0 atom stereocenters. The topological polar surface area (TPSA) is 55.1 Å². The summed E-state index contributed by atoms with van der Waals surface area (Å²) in [6, 6.07) is 4.25. The van der Waals surface area contributed by atoms with Gasteiger partial charge in [-0.15, -0.1) is 0 Å². The van der Waals surface area contributed by atoms with Crippen molar-refractivity contribution in [3.63, 3.8) is 0 Å². The number of hydrogen-bond acceptors (Lipinski definition) is 2. The van der Waals surface area contributed by atoms with Crippen LogP contribution in [0, 0.1) is 5.82 Å². The second-order valence-corrected chi connectivity index (χ2v) is 3.82. The Hall–Kier alpha value is -2.17. The molecule has 1 N–H and O–H groups in total. The zero-order valence-corrected chi connectivity index (χ0v) is 9.22. The third-order valence-corrected chi connectivity index (χ3v) is 2.35. The normalized spacial score (nSPS) is 10.5. The van der Waals surface area contributed by atoms with Crippen molar-refractivity contribution in [2.75, 3.05) is 0 Å². The van der Waals surface area contributed by atoms with Crippen LogP contribution >= 0.6 is 0 Å². The molecule has 1 aromatic carbocycles. The molecule has 1 aromatic heterocycles. The second kappa shape index (κ2) is 4.37. The molecule has 17 heavy (non-hydrogen) atoms. The third kappa shape index (κ3) is 2.69. The summed E-state index contributed by atoms with van der Waals surface area (Å²) in [7, 11) is 1.76. The molecule has 0 radical (unpaired) electrons. The van der Waals surface area contributed by atoms with Crippen molar-refractivity contribution >= 4 is 5.97 Å². The Kier molecular flexibility index (Phi) is 2.91. The summed E-state index contributed by atoms with van der Waals surface area (Å²) in [5, 5.41) is 12.7. The molecule has 0 bridgehead atoms. The summed E-state index contributed by atoms with van der Waals surface area (Å²) >= 11 is 0. The number of carboxylic acids is 1. The van der Waals surface area contributed by atoms with Crippen LogP contribution in [0.1, 0.15) is 5.56 Å². The zero-order valence-electron chi connectivity index (χ0n) is 9.22. The molecule has 4 nitrogen and oxygen atoms in total. The molecule has 5 heteroatoms. The van der Waals surface area contributed by atoms with E-state index in [0.29, 0.717) is 11.1 Å². The monoisotopic (exact) mass is 234 g/mol. The molecule has 0 saturated carbocycles. The lowest BCUT2D eigenvalue weighted by atomic mass is 10.0. The van der Waals surface area contributed by atoms with Crippen molar-refractivity contribution in [3.05, 3.63) is 42.0 Å². The van der Waals surface area contributed by atoms with Gasteiger partial charge in [-0.2, -0.15) is 5.10 Å². The average molecular weight is 234 g/mol. The fraction of sp³-hybridized carbons (Fsp3) is 0.167. The number of carbonyl (C=O) groups is 1. The third-order valence-electron chi connectivity index (χ3n) is 2.35. The van der Waals surface area contributed by atoms with Crippen LogP contribution in [0.25, 0.3) is 11.1 Å². The first kappa shape index (κ1) is 11.3. The smallest absolute Gasteiger partial charge is 0.307 e. The van der Waals surface area contributed by atoms with Gasteiger partial charge < -0.3 is 5.11 Å². The Labute approximate surface area is 97.3 Å². The Morgan fingerprint density at radius 1 is 1.41 bits per heavy atom. The summed E-state index contributed by atoms with van der Waals surface area (Å²) in [5.41, 5.74) is 1.84. The van der Waals surface area contributed by atoms with Gasteiger partial charge in [-0.05, 0) is 23.3 Å². The maximum absolute atomic E-state index is 13.4. The highest BCUT2D eigenvalue weighted by atomic mass is 19.1. The minimum absolute atomic E-state index is 0.189. The number of halogens is 1. The molecule has 2 aromatic rings. The van der Waals surface area contributed by atoms with Crippen molar-refractivity contribution in [1.29, 1.82) is 0 Å². The number of aromatic nitrogens is 2. The number of rotatable bonds is 3. The standard InChI is InChI=1S/C12H11FN2O2/c1-15-7-10(6-14-15)9-2-8(4-12(16)17)3-11(13)5-9/h2-3,5-7H,4H2,1H3,(H,16,17). The summed E-state index contributed by atoms with van der Waals surface area (Å²) in [5.74, 6) is -1.42. The number of aryl methyl sites for hydroxylation is 1. The first-order valence-corrected chi connectivity index (χ1v) is 5.05. The van der Waals surface area contributed by atoms with Crippen molar-refractivity contribution < 1.29 is 14.3 Å². The fourth-order valence-electron chi connectivity index (χ4n) is 1.66. The van der Waals surface area contributed by atoms with Gasteiger partial charge in [0.15, 0.2) is 0 Å². The molecule has 0 spiro atoms. The van der Waals surface area contributed by atoms with Crippen LogP contribution in [-0.4, -0.2) is 20.9 Å². The Morgan fingerprint density at radius 3 is 2.76 bits per heavy atom. The average Bonchev–Trinajstić information content (AvgIpc) is 2.62. The molecule has 0 aliphatic heterocycles. The highest BCUT2D eigenvalue weighted by molar-refractivity contribution is 5.72. The van der Waals surface area contributed by atoms with E-state index in [0.717, 1.165) is 5.56 Å². The second-order valence-electron chi connectivity index (χ2n) is 3.82. The first-order valence-electron chi connectivity index (χ1n) is 5.05. The molecule has 1 heterocycles. The minimum Gasteiger partial charge on any atom is -0.481 e. The lowest BCUT2D eigenvalue weighted by molar-refractivity contribution is -0.136. The number of nitrogens with zero attached hydrogens (tertiary/aromatic N) is 2. The highest BCUT2D eigenvalue weighted by Gasteiger charge is 2.07. The van der Waals surface area contributed by atoms with Crippen LogP contribution in [0.15, 0.2) is 30.6 Å². The van der Waals surface area contributed by atoms with Crippen LogP contribution in [0.5, 0.6) is 0 Å². The van der Waals surface area contributed by atoms with E-state index in [1.807, 2.05) is 0 Å². The van der Waals surface area contributed by atoms with Gasteiger partial charge in [-0.1, -0.05) is 6.07 Å². The maximum atomic E-state index is 13.4. The Bertz CT molecular complexity index is 563. The van der Waals surface area contributed by atoms with Gasteiger partial charge >= 0.3 is 5.97 Å². The van der Waals surface area contributed by atoms with Crippen molar-refractivity contribution in [3.8, 4) is 11.1 Å². The molecule has 0 saturated heterocycles. The van der Waals surface area contributed by atoms with E-state index in [1.54, 1.807) is 30.2 Å². The maximum Gasteiger partial charge on any atom is 0.307 e. The van der Waals surface area contributed by atoms with E-state index in [4.69, 9.17) is 5.11 Å². The van der Waals surface area contributed by atoms with Gasteiger partial charge in [-0.3, -0.25) is 9.48 Å². The predicted molar refractivity (Wildman–Crippen MR) is 59.9 cm³/mol. The molecule has 0 unspecified atom stereocenters.